The molecule has 1 heterocycles. The largest absolute Gasteiger partial charge is 0.454 e. The Balaban J connectivity index is 1.35. The number of fused-ring (bicyclic) bond motifs is 1. The number of aryl methyl sites for hydroxylation is 1. The van der Waals surface area contributed by atoms with Gasteiger partial charge >= 0.3 is 11.8 Å². The molecule has 3 amide bonds. The first-order chi connectivity index (χ1) is 16.0. The van der Waals surface area contributed by atoms with E-state index in [2.05, 4.69) is 16.0 Å². The topological polar surface area (TPSA) is 106 Å². The summed E-state index contributed by atoms with van der Waals surface area (Å²) in [6, 6.07) is 19.6. The van der Waals surface area contributed by atoms with Crippen LogP contribution in [0.1, 0.15) is 27.0 Å². The highest BCUT2D eigenvalue weighted by molar-refractivity contribution is 6.40. The van der Waals surface area contributed by atoms with Crippen LogP contribution >= 0.6 is 0 Å². The molecule has 168 valence electrons. The zero-order chi connectivity index (χ0) is 23.2. The molecule has 3 aromatic carbocycles. The molecule has 33 heavy (non-hydrogen) atoms. The molecule has 3 N–H and O–H groups in total. The van der Waals surface area contributed by atoms with Gasteiger partial charge in [0.15, 0.2) is 11.5 Å². The number of para-hydroxylation sites is 1. The van der Waals surface area contributed by atoms with E-state index >= 15 is 0 Å². The van der Waals surface area contributed by atoms with E-state index in [0.29, 0.717) is 18.0 Å². The van der Waals surface area contributed by atoms with Crippen LogP contribution in [0.25, 0.3) is 0 Å². The van der Waals surface area contributed by atoms with Crippen LogP contribution in [0.4, 0.5) is 5.69 Å². The van der Waals surface area contributed by atoms with E-state index in [4.69, 9.17) is 9.47 Å². The summed E-state index contributed by atoms with van der Waals surface area (Å²) in [5.74, 6) is -0.801. The van der Waals surface area contributed by atoms with Crippen LogP contribution in [0.3, 0.4) is 0 Å². The van der Waals surface area contributed by atoms with E-state index in [9.17, 15) is 14.4 Å². The van der Waals surface area contributed by atoms with Crippen molar-refractivity contribution in [1.82, 2.24) is 10.6 Å². The first-order valence-electron chi connectivity index (χ1n) is 10.4. The molecule has 0 radical (unpaired) electrons. The fourth-order valence-corrected chi connectivity index (χ4v) is 3.36. The Hall–Kier alpha value is -4.33. The number of anilines is 1. The van der Waals surface area contributed by atoms with Gasteiger partial charge < -0.3 is 25.4 Å². The Labute approximate surface area is 190 Å². The van der Waals surface area contributed by atoms with Gasteiger partial charge in [-0.2, -0.15) is 0 Å². The Morgan fingerprint density at radius 1 is 0.818 bits per heavy atom. The first-order valence-corrected chi connectivity index (χ1v) is 10.4. The van der Waals surface area contributed by atoms with Crippen molar-refractivity contribution in [3.8, 4) is 11.5 Å². The van der Waals surface area contributed by atoms with Gasteiger partial charge in [-0.15, -0.1) is 0 Å². The van der Waals surface area contributed by atoms with Crippen LogP contribution in [0.15, 0.2) is 66.7 Å². The second-order valence-electron chi connectivity index (χ2n) is 7.48. The lowest BCUT2D eigenvalue weighted by molar-refractivity contribution is -0.136. The number of hydrogen-bond donors (Lipinski definition) is 3. The van der Waals surface area contributed by atoms with Crippen molar-refractivity contribution < 1.29 is 23.9 Å². The van der Waals surface area contributed by atoms with Crippen LogP contribution in [0.2, 0.25) is 0 Å². The highest BCUT2D eigenvalue weighted by Crippen LogP contribution is 2.32. The fraction of sp³-hybridized carbons (Fsp3) is 0.160. The standard InChI is InChI=1S/C25H23N3O5/c1-16-6-2-3-7-18(16)14-27-23(29)19-8-4-5-9-20(19)28-25(31)24(30)26-13-17-10-11-21-22(12-17)33-15-32-21/h2-12H,13-15H2,1H3,(H,26,30)(H,27,29)(H,28,31). The van der Waals surface area contributed by atoms with Gasteiger partial charge in [-0.1, -0.05) is 42.5 Å². The molecular formula is C25H23N3O5. The van der Waals surface area contributed by atoms with Crippen LogP contribution in [0, 0.1) is 6.92 Å². The number of carbonyl (C=O) groups excluding carboxylic acids is 3. The zero-order valence-electron chi connectivity index (χ0n) is 18.0. The molecule has 0 aliphatic carbocycles. The Morgan fingerprint density at radius 3 is 2.42 bits per heavy atom. The number of rotatable bonds is 6. The first kappa shape index (κ1) is 21.9. The second-order valence-corrected chi connectivity index (χ2v) is 7.48. The molecule has 1 aliphatic rings. The van der Waals surface area contributed by atoms with E-state index in [1.165, 1.54) is 0 Å². The highest BCUT2D eigenvalue weighted by Gasteiger charge is 2.19. The second kappa shape index (κ2) is 9.86. The van der Waals surface area contributed by atoms with Crippen molar-refractivity contribution in [2.24, 2.45) is 0 Å². The fourth-order valence-electron chi connectivity index (χ4n) is 3.36. The minimum absolute atomic E-state index is 0.140. The van der Waals surface area contributed by atoms with E-state index in [1.807, 2.05) is 31.2 Å². The lowest BCUT2D eigenvalue weighted by atomic mass is 10.1. The molecule has 3 aromatic rings. The van der Waals surface area contributed by atoms with E-state index < -0.39 is 11.8 Å². The maximum absolute atomic E-state index is 12.7. The summed E-state index contributed by atoms with van der Waals surface area (Å²) >= 11 is 0. The monoisotopic (exact) mass is 445 g/mol. The van der Waals surface area contributed by atoms with Crippen molar-refractivity contribution in [2.75, 3.05) is 12.1 Å². The van der Waals surface area contributed by atoms with Crippen molar-refractivity contribution >= 4 is 23.4 Å². The summed E-state index contributed by atoms with van der Waals surface area (Å²) in [6.45, 7) is 2.62. The molecule has 0 atom stereocenters. The summed E-state index contributed by atoms with van der Waals surface area (Å²) in [4.78, 5) is 37.4. The summed E-state index contributed by atoms with van der Waals surface area (Å²) in [7, 11) is 0. The summed E-state index contributed by atoms with van der Waals surface area (Å²) in [5.41, 5.74) is 3.34. The average molecular weight is 445 g/mol. The highest BCUT2D eigenvalue weighted by atomic mass is 16.7. The molecule has 0 unspecified atom stereocenters. The molecule has 1 aliphatic heterocycles. The third-order valence-corrected chi connectivity index (χ3v) is 5.22. The predicted octanol–water partition coefficient (Wildman–Crippen LogP) is 2.91. The Morgan fingerprint density at radius 2 is 1.58 bits per heavy atom. The Bertz CT molecular complexity index is 1210. The number of carbonyl (C=O) groups is 3. The van der Waals surface area contributed by atoms with Gasteiger partial charge in [-0.25, -0.2) is 0 Å². The van der Waals surface area contributed by atoms with Crippen molar-refractivity contribution in [2.45, 2.75) is 20.0 Å². The number of amides is 3. The van der Waals surface area contributed by atoms with Gasteiger partial charge in [0.05, 0.1) is 11.3 Å². The average Bonchev–Trinajstić information content (AvgIpc) is 3.30. The predicted molar refractivity (Wildman–Crippen MR) is 122 cm³/mol. The third kappa shape index (κ3) is 5.30. The van der Waals surface area contributed by atoms with Gasteiger partial charge in [0.2, 0.25) is 6.79 Å². The molecule has 0 aromatic heterocycles. The molecule has 0 saturated carbocycles. The lowest BCUT2D eigenvalue weighted by Crippen LogP contribution is -2.35. The Kier molecular flexibility index (Phi) is 6.54. The van der Waals surface area contributed by atoms with Crippen molar-refractivity contribution in [1.29, 1.82) is 0 Å². The molecule has 0 fully saturated rings. The summed E-state index contributed by atoms with van der Waals surface area (Å²) in [5, 5.41) is 7.94. The number of nitrogens with one attached hydrogen (secondary N) is 3. The van der Waals surface area contributed by atoms with Gasteiger partial charge in [-0.05, 0) is 47.9 Å². The van der Waals surface area contributed by atoms with Crippen LogP contribution < -0.4 is 25.4 Å². The zero-order valence-corrected chi connectivity index (χ0v) is 18.0. The molecule has 0 spiro atoms. The maximum atomic E-state index is 12.7. The minimum atomic E-state index is -0.866. The van der Waals surface area contributed by atoms with E-state index in [0.717, 1.165) is 16.7 Å². The maximum Gasteiger partial charge on any atom is 0.313 e. The lowest BCUT2D eigenvalue weighted by Gasteiger charge is -2.12. The third-order valence-electron chi connectivity index (χ3n) is 5.22. The quantitative estimate of drug-likeness (QED) is 0.506. The number of hydrogen-bond acceptors (Lipinski definition) is 5. The van der Waals surface area contributed by atoms with Gasteiger partial charge in [0.1, 0.15) is 0 Å². The number of ether oxygens (including phenoxy) is 2. The number of benzene rings is 3. The van der Waals surface area contributed by atoms with Crippen LogP contribution in [-0.4, -0.2) is 24.5 Å². The molecule has 4 rings (SSSR count). The smallest absolute Gasteiger partial charge is 0.313 e. The molecule has 0 saturated heterocycles. The van der Waals surface area contributed by atoms with Gasteiger partial charge in [0, 0.05) is 13.1 Å². The minimum Gasteiger partial charge on any atom is -0.454 e. The van der Waals surface area contributed by atoms with E-state index in [1.54, 1.807) is 42.5 Å². The van der Waals surface area contributed by atoms with Gasteiger partial charge in [-0.3, -0.25) is 14.4 Å². The normalized spacial score (nSPS) is 11.5. The van der Waals surface area contributed by atoms with Crippen molar-refractivity contribution in [3.63, 3.8) is 0 Å². The van der Waals surface area contributed by atoms with Gasteiger partial charge in [0.25, 0.3) is 5.91 Å². The molecule has 8 heteroatoms. The van der Waals surface area contributed by atoms with Crippen LogP contribution in [-0.2, 0) is 22.7 Å². The summed E-state index contributed by atoms with van der Waals surface area (Å²) < 4.78 is 10.6. The summed E-state index contributed by atoms with van der Waals surface area (Å²) in [6.07, 6.45) is 0. The van der Waals surface area contributed by atoms with Crippen LogP contribution in [0.5, 0.6) is 11.5 Å². The molecule has 8 nitrogen and oxygen atoms in total. The SMILES string of the molecule is Cc1ccccc1CNC(=O)c1ccccc1NC(=O)C(=O)NCc1ccc2c(c1)OCO2. The van der Waals surface area contributed by atoms with E-state index in [-0.39, 0.29) is 30.5 Å². The van der Waals surface area contributed by atoms with Crippen molar-refractivity contribution in [3.05, 3.63) is 89.0 Å². The molecule has 0 bridgehead atoms. The molecular weight excluding hydrogens is 422 g/mol.